The molecule has 188 valence electrons. The second-order valence-corrected chi connectivity index (χ2v) is 19.5. The molecule has 2 aliphatic heterocycles. The quantitative estimate of drug-likeness (QED) is 0.455. The van der Waals surface area contributed by atoms with Crippen LogP contribution in [0.25, 0.3) is 11.2 Å². The van der Waals surface area contributed by atoms with Gasteiger partial charge < -0.3 is 23.4 Å². The lowest BCUT2D eigenvalue weighted by Crippen LogP contribution is -2.65. The van der Waals surface area contributed by atoms with Gasteiger partial charge in [-0.05, 0) is 22.2 Å². The minimum absolute atomic E-state index is 0.229. The summed E-state index contributed by atoms with van der Waals surface area (Å²) in [4.78, 5) is 12.9. The van der Waals surface area contributed by atoms with Crippen molar-refractivity contribution in [3.05, 3.63) is 24.8 Å². The monoisotopic (exact) mass is 505 g/mol. The van der Waals surface area contributed by atoms with Crippen LogP contribution in [0.15, 0.2) is 24.8 Å². The van der Waals surface area contributed by atoms with Crippen LogP contribution in [0.5, 0.6) is 0 Å². The SMILES string of the molecule is C=C1[C@H](n2cnc3c(N)ncnc32)O[C@@H]2CO[Si](C(C)C)(C(C)C)O[Si](C(C)C)(C(C)C)O[C@@H]12. The molecule has 2 aliphatic rings. The van der Waals surface area contributed by atoms with E-state index >= 15 is 0 Å². The van der Waals surface area contributed by atoms with Crippen LogP contribution in [-0.4, -0.2) is 55.5 Å². The molecule has 0 unspecified atom stereocenters. The number of anilines is 1. The van der Waals surface area contributed by atoms with Crippen LogP contribution < -0.4 is 5.73 Å². The highest BCUT2D eigenvalue weighted by molar-refractivity contribution is 6.84. The lowest BCUT2D eigenvalue weighted by Gasteiger charge is -2.51. The van der Waals surface area contributed by atoms with Crippen molar-refractivity contribution >= 4 is 34.1 Å². The number of imidazole rings is 1. The van der Waals surface area contributed by atoms with Crippen molar-refractivity contribution in [1.82, 2.24) is 19.5 Å². The number of nitrogen functional groups attached to an aromatic ring is 1. The standard InChI is InChI=1S/C23H39N5O4Si2/c1-13(2)33(14(3)4)29-10-18-20(31-34(32-33,15(5)6)16(7)8)17(9)23(30-18)28-12-27-19-21(24)25-11-26-22(19)28/h11-16,18,20,23H,9-10H2,1-8H3,(H2,24,25,26)/t18-,20+,23-/m1/s1. The first-order valence-electron chi connectivity index (χ1n) is 12.2. The number of nitrogens with zero attached hydrogens (tertiary/aromatic N) is 4. The Morgan fingerprint density at radius 3 is 2.18 bits per heavy atom. The van der Waals surface area contributed by atoms with E-state index in [2.05, 4.69) is 76.9 Å². The molecule has 11 heteroatoms. The van der Waals surface area contributed by atoms with Gasteiger partial charge in [0.05, 0.1) is 12.9 Å². The maximum absolute atomic E-state index is 7.26. The van der Waals surface area contributed by atoms with Gasteiger partial charge in [0.25, 0.3) is 0 Å². The summed E-state index contributed by atoms with van der Waals surface area (Å²) in [5.41, 5.74) is 8.98. The smallest absolute Gasteiger partial charge is 0.335 e. The highest BCUT2D eigenvalue weighted by Gasteiger charge is 2.60. The van der Waals surface area contributed by atoms with Crippen LogP contribution in [0.1, 0.15) is 61.6 Å². The minimum Gasteiger partial charge on any atom is -0.414 e. The second kappa shape index (κ2) is 9.10. The summed E-state index contributed by atoms with van der Waals surface area (Å²) in [7, 11) is -5.39. The van der Waals surface area contributed by atoms with Gasteiger partial charge in [0, 0.05) is 5.57 Å². The van der Waals surface area contributed by atoms with Crippen LogP contribution in [-0.2, 0) is 17.7 Å². The van der Waals surface area contributed by atoms with Gasteiger partial charge >= 0.3 is 17.1 Å². The predicted molar refractivity (Wildman–Crippen MR) is 137 cm³/mol. The lowest BCUT2D eigenvalue weighted by atomic mass is 10.1. The molecule has 2 aromatic heterocycles. The van der Waals surface area contributed by atoms with Crippen molar-refractivity contribution in [2.75, 3.05) is 12.3 Å². The normalized spacial score (nSPS) is 27.1. The van der Waals surface area contributed by atoms with Crippen molar-refractivity contribution in [2.45, 2.75) is 96.0 Å². The Labute approximate surface area is 204 Å². The van der Waals surface area contributed by atoms with Crippen LogP contribution in [0.3, 0.4) is 0 Å². The first-order valence-corrected chi connectivity index (χ1v) is 16.2. The lowest BCUT2D eigenvalue weighted by molar-refractivity contribution is -0.0541. The fraction of sp³-hybridized carbons (Fsp3) is 0.696. The van der Waals surface area contributed by atoms with Gasteiger partial charge in [0.1, 0.15) is 24.1 Å². The number of ether oxygens (including phenoxy) is 1. The Hall–Kier alpha value is -1.64. The maximum Gasteiger partial charge on any atom is 0.335 e. The van der Waals surface area contributed by atoms with Crippen molar-refractivity contribution in [1.29, 1.82) is 0 Å². The first kappa shape index (κ1) is 25.5. The van der Waals surface area contributed by atoms with E-state index in [0.717, 1.165) is 5.57 Å². The summed E-state index contributed by atoms with van der Waals surface area (Å²) < 4.78 is 29.6. The molecule has 0 aromatic carbocycles. The van der Waals surface area contributed by atoms with E-state index in [4.69, 9.17) is 23.4 Å². The van der Waals surface area contributed by atoms with Gasteiger partial charge in [-0.3, -0.25) is 4.57 Å². The molecule has 0 spiro atoms. The van der Waals surface area contributed by atoms with E-state index in [1.165, 1.54) is 6.33 Å². The molecule has 34 heavy (non-hydrogen) atoms. The summed E-state index contributed by atoms with van der Waals surface area (Å²) in [6, 6.07) is 0. The number of hydrogen-bond donors (Lipinski definition) is 1. The van der Waals surface area contributed by atoms with Crippen molar-refractivity contribution < 1.29 is 17.7 Å². The fourth-order valence-electron chi connectivity index (χ4n) is 5.39. The van der Waals surface area contributed by atoms with Gasteiger partial charge in [-0.15, -0.1) is 0 Å². The summed E-state index contributed by atoms with van der Waals surface area (Å²) in [6.07, 6.45) is 1.98. The van der Waals surface area contributed by atoms with Crippen molar-refractivity contribution in [3.8, 4) is 0 Å². The van der Waals surface area contributed by atoms with Crippen LogP contribution in [0, 0.1) is 0 Å². The highest BCUT2D eigenvalue weighted by atomic mass is 28.5. The molecule has 4 heterocycles. The Balaban J connectivity index is 1.78. The molecule has 2 fully saturated rings. The third kappa shape index (κ3) is 3.86. The topological polar surface area (TPSA) is 107 Å². The molecule has 0 aliphatic carbocycles. The van der Waals surface area contributed by atoms with Gasteiger partial charge in [0.2, 0.25) is 0 Å². The summed E-state index contributed by atoms with van der Waals surface area (Å²) in [6.45, 7) is 22.5. The molecule has 4 rings (SSSR count). The zero-order chi connectivity index (χ0) is 25.0. The molecule has 0 radical (unpaired) electrons. The molecule has 2 N–H and O–H groups in total. The predicted octanol–water partition coefficient (Wildman–Crippen LogP) is 4.82. The molecule has 9 nitrogen and oxygen atoms in total. The van der Waals surface area contributed by atoms with E-state index in [0.29, 0.717) is 23.6 Å². The average molecular weight is 506 g/mol. The van der Waals surface area contributed by atoms with E-state index in [9.17, 15) is 0 Å². The van der Waals surface area contributed by atoms with Gasteiger partial charge in [-0.25, -0.2) is 15.0 Å². The van der Waals surface area contributed by atoms with E-state index < -0.39 is 23.3 Å². The minimum atomic E-state index is -2.76. The molecule has 0 saturated carbocycles. The molecule has 2 saturated heterocycles. The van der Waals surface area contributed by atoms with Crippen molar-refractivity contribution in [3.63, 3.8) is 0 Å². The number of nitrogens with two attached hydrogens (primary N) is 1. The van der Waals surface area contributed by atoms with Crippen LogP contribution in [0.4, 0.5) is 5.82 Å². The first-order chi connectivity index (χ1) is 15.9. The Kier molecular flexibility index (Phi) is 6.81. The third-order valence-electron chi connectivity index (χ3n) is 7.29. The van der Waals surface area contributed by atoms with E-state index in [1.54, 1.807) is 6.33 Å². The number of hydrogen-bond acceptors (Lipinski definition) is 8. The molecule has 3 atom stereocenters. The Morgan fingerprint density at radius 1 is 0.971 bits per heavy atom. The van der Waals surface area contributed by atoms with Gasteiger partial charge in [-0.1, -0.05) is 62.0 Å². The van der Waals surface area contributed by atoms with Crippen LogP contribution >= 0.6 is 0 Å². The van der Waals surface area contributed by atoms with E-state index in [1.807, 2.05) is 4.57 Å². The van der Waals surface area contributed by atoms with Crippen molar-refractivity contribution in [2.24, 2.45) is 0 Å². The molecule has 0 bridgehead atoms. The fourth-order valence-corrected chi connectivity index (χ4v) is 16.6. The van der Waals surface area contributed by atoms with Gasteiger partial charge in [0.15, 0.2) is 17.7 Å². The summed E-state index contributed by atoms with van der Waals surface area (Å²) in [5, 5.41) is 0. The zero-order valence-electron chi connectivity index (χ0n) is 21.6. The molecular formula is C23H39N5O4Si2. The number of fused-ring (bicyclic) bond motifs is 2. The number of aromatic nitrogens is 4. The molecule has 2 aromatic rings. The average Bonchev–Trinajstić information content (AvgIpc) is 3.29. The van der Waals surface area contributed by atoms with Crippen LogP contribution in [0.2, 0.25) is 22.2 Å². The third-order valence-corrected chi connectivity index (χ3v) is 17.5. The zero-order valence-corrected chi connectivity index (χ0v) is 23.6. The highest BCUT2D eigenvalue weighted by Crippen LogP contribution is 2.49. The Bertz CT molecular complexity index is 1040. The Morgan fingerprint density at radius 2 is 1.59 bits per heavy atom. The summed E-state index contributed by atoms with van der Waals surface area (Å²) >= 11 is 0. The summed E-state index contributed by atoms with van der Waals surface area (Å²) in [5.74, 6) is 0.335. The largest absolute Gasteiger partial charge is 0.414 e. The van der Waals surface area contributed by atoms with Gasteiger partial charge in [-0.2, -0.15) is 0 Å². The maximum atomic E-state index is 7.26. The number of rotatable bonds is 5. The second-order valence-electron chi connectivity index (χ2n) is 10.7. The van der Waals surface area contributed by atoms with E-state index in [-0.39, 0.29) is 34.4 Å². The molecule has 0 amide bonds. The molecular weight excluding hydrogens is 466 g/mol.